The van der Waals surface area contributed by atoms with Crippen LogP contribution in [0.1, 0.15) is 17.5 Å². The number of thioether (sulfide) groups is 1. The Labute approximate surface area is 134 Å². The highest BCUT2D eigenvalue weighted by molar-refractivity contribution is 7.99. The predicted octanol–water partition coefficient (Wildman–Crippen LogP) is 5.08. The van der Waals surface area contributed by atoms with Gasteiger partial charge in [-0.2, -0.15) is 0 Å². The zero-order valence-corrected chi connectivity index (χ0v) is 13.7. The van der Waals surface area contributed by atoms with Crippen LogP contribution in [0.25, 0.3) is 0 Å². The van der Waals surface area contributed by atoms with E-state index in [1.54, 1.807) is 11.8 Å². The highest BCUT2D eigenvalue weighted by atomic mass is 35.5. The maximum Gasteiger partial charge on any atom is 0.225 e. The molecule has 21 heavy (non-hydrogen) atoms. The van der Waals surface area contributed by atoms with E-state index in [0.29, 0.717) is 12.2 Å². The minimum atomic E-state index is 0.0292. The zero-order valence-electron chi connectivity index (χ0n) is 12.2. The molecule has 0 saturated heterocycles. The molecule has 0 saturated carbocycles. The second-order valence-electron chi connectivity index (χ2n) is 4.90. The molecule has 1 amide bonds. The fourth-order valence-electron chi connectivity index (χ4n) is 1.98. The first-order chi connectivity index (χ1) is 10.1. The van der Waals surface area contributed by atoms with Gasteiger partial charge in [0.1, 0.15) is 0 Å². The van der Waals surface area contributed by atoms with Crippen LogP contribution in [0.2, 0.25) is 5.02 Å². The van der Waals surface area contributed by atoms with Crippen molar-refractivity contribution >= 4 is 35.0 Å². The molecule has 0 spiro atoms. The van der Waals surface area contributed by atoms with Crippen LogP contribution in [-0.4, -0.2) is 11.7 Å². The number of rotatable bonds is 5. The second-order valence-corrected chi connectivity index (χ2v) is 6.44. The first-order valence-electron chi connectivity index (χ1n) is 6.80. The second kappa shape index (κ2) is 7.53. The number of benzene rings is 2. The summed E-state index contributed by atoms with van der Waals surface area (Å²) in [6.07, 6.45) is 0.462. The van der Waals surface area contributed by atoms with Gasteiger partial charge in [0.2, 0.25) is 5.91 Å². The van der Waals surface area contributed by atoms with Gasteiger partial charge in [0.25, 0.3) is 0 Å². The Hall–Kier alpha value is -1.45. The number of anilines is 1. The first-order valence-corrected chi connectivity index (χ1v) is 8.17. The highest BCUT2D eigenvalue weighted by Crippen LogP contribution is 2.27. The number of carbonyl (C=O) groups excluding carboxylic acids is 1. The molecule has 0 aliphatic heterocycles. The van der Waals surface area contributed by atoms with Crippen LogP contribution < -0.4 is 5.32 Å². The molecule has 1 N–H and O–H groups in total. The molecule has 2 rings (SSSR count). The quantitative estimate of drug-likeness (QED) is 0.779. The fourth-order valence-corrected chi connectivity index (χ4v) is 3.17. The summed E-state index contributed by atoms with van der Waals surface area (Å²) in [7, 11) is 0. The molecular formula is C17H18ClNOS. The third-order valence-corrected chi connectivity index (χ3v) is 4.60. The molecule has 0 fully saturated rings. The van der Waals surface area contributed by atoms with Gasteiger partial charge in [0.15, 0.2) is 0 Å². The summed E-state index contributed by atoms with van der Waals surface area (Å²) in [6, 6.07) is 13.7. The van der Waals surface area contributed by atoms with E-state index in [4.69, 9.17) is 11.6 Å². The molecule has 2 aromatic carbocycles. The van der Waals surface area contributed by atoms with Crippen molar-refractivity contribution in [2.45, 2.75) is 25.2 Å². The lowest BCUT2D eigenvalue weighted by Gasteiger charge is -2.09. The molecule has 2 nitrogen and oxygen atoms in total. The summed E-state index contributed by atoms with van der Waals surface area (Å²) in [5, 5.41) is 3.69. The number of carbonyl (C=O) groups is 1. The van der Waals surface area contributed by atoms with Gasteiger partial charge in [-0.05, 0) is 37.6 Å². The number of aryl methyl sites for hydroxylation is 2. The Morgan fingerprint density at radius 1 is 1.19 bits per heavy atom. The van der Waals surface area contributed by atoms with Gasteiger partial charge in [-0.25, -0.2) is 0 Å². The van der Waals surface area contributed by atoms with E-state index in [-0.39, 0.29) is 5.91 Å². The van der Waals surface area contributed by atoms with Crippen molar-refractivity contribution in [2.75, 3.05) is 11.1 Å². The topological polar surface area (TPSA) is 29.1 Å². The third kappa shape index (κ3) is 4.80. The Bertz CT molecular complexity index is 642. The van der Waals surface area contributed by atoms with Gasteiger partial charge in [-0.3, -0.25) is 4.79 Å². The Kier molecular flexibility index (Phi) is 5.71. The van der Waals surface area contributed by atoms with Crippen molar-refractivity contribution < 1.29 is 4.79 Å². The van der Waals surface area contributed by atoms with Gasteiger partial charge in [-0.15, -0.1) is 11.8 Å². The van der Waals surface area contributed by atoms with Crippen LogP contribution in [0.15, 0.2) is 47.4 Å². The number of halogens is 1. The zero-order chi connectivity index (χ0) is 15.2. The Balaban J connectivity index is 1.84. The molecule has 0 aromatic heterocycles. The summed E-state index contributed by atoms with van der Waals surface area (Å²) in [4.78, 5) is 13.0. The number of amides is 1. The van der Waals surface area contributed by atoms with Crippen LogP contribution in [-0.2, 0) is 4.79 Å². The van der Waals surface area contributed by atoms with E-state index < -0.39 is 0 Å². The van der Waals surface area contributed by atoms with Crippen LogP contribution in [0.3, 0.4) is 0 Å². The lowest BCUT2D eigenvalue weighted by atomic mass is 10.1. The van der Waals surface area contributed by atoms with E-state index in [1.165, 1.54) is 5.56 Å². The average Bonchev–Trinajstić information content (AvgIpc) is 2.44. The molecule has 0 unspecified atom stereocenters. The highest BCUT2D eigenvalue weighted by Gasteiger charge is 2.06. The van der Waals surface area contributed by atoms with Crippen LogP contribution in [0, 0.1) is 13.8 Å². The van der Waals surface area contributed by atoms with Gasteiger partial charge >= 0.3 is 0 Å². The predicted molar refractivity (Wildman–Crippen MR) is 91.3 cm³/mol. The van der Waals surface area contributed by atoms with Gasteiger partial charge in [-0.1, -0.05) is 41.4 Å². The van der Waals surface area contributed by atoms with Crippen molar-refractivity contribution in [3.8, 4) is 0 Å². The van der Waals surface area contributed by atoms with Gasteiger partial charge in [0, 0.05) is 22.8 Å². The molecule has 0 atom stereocenters. The van der Waals surface area contributed by atoms with Crippen LogP contribution in [0.5, 0.6) is 0 Å². The minimum Gasteiger partial charge on any atom is -0.326 e. The number of nitrogens with one attached hydrogen (secondary N) is 1. The molecule has 110 valence electrons. The SMILES string of the molecule is Cc1ccc(NC(=O)CCSc2ccccc2Cl)c(C)c1. The molecule has 0 aliphatic rings. The Morgan fingerprint density at radius 3 is 2.67 bits per heavy atom. The van der Waals surface area contributed by atoms with E-state index in [1.807, 2.05) is 50.2 Å². The molecular weight excluding hydrogens is 302 g/mol. The van der Waals surface area contributed by atoms with Crippen molar-refractivity contribution in [1.82, 2.24) is 0 Å². The normalized spacial score (nSPS) is 10.4. The molecule has 2 aromatic rings. The lowest BCUT2D eigenvalue weighted by molar-refractivity contribution is -0.115. The standard InChI is InChI=1S/C17H18ClNOS/c1-12-7-8-15(13(2)11-12)19-17(20)9-10-21-16-6-4-3-5-14(16)18/h3-8,11H,9-10H2,1-2H3,(H,19,20). The van der Waals surface area contributed by atoms with Crippen LogP contribution >= 0.6 is 23.4 Å². The van der Waals surface area contributed by atoms with Gasteiger partial charge in [0.05, 0.1) is 5.02 Å². The third-order valence-electron chi connectivity index (χ3n) is 3.08. The van der Waals surface area contributed by atoms with E-state index in [2.05, 4.69) is 11.4 Å². The summed E-state index contributed by atoms with van der Waals surface area (Å²) in [6.45, 7) is 4.04. The molecule has 0 heterocycles. The van der Waals surface area contributed by atoms with Gasteiger partial charge < -0.3 is 5.32 Å². The fraction of sp³-hybridized carbons (Fsp3) is 0.235. The lowest BCUT2D eigenvalue weighted by Crippen LogP contribution is -2.13. The smallest absolute Gasteiger partial charge is 0.225 e. The molecule has 0 bridgehead atoms. The van der Waals surface area contributed by atoms with Crippen LogP contribution in [0.4, 0.5) is 5.69 Å². The Morgan fingerprint density at radius 2 is 1.95 bits per heavy atom. The monoisotopic (exact) mass is 319 g/mol. The maximum atomic E-state index is 12.0. The van der Waals surface area contributed by atoms with Crippen molar-refractivity contribution in [3.63, 3.8) is 0 Å². The number of hydrogen-bond acceptors (Lipinski definition) is 2. The van der Waals surface area contributed by atoms with E-state index in [9.17, 15) is 4.79 Å². The summed E-state index contributed by atoms with van der Waals surface area (Å²) >= 11 is 7.68. The summed E-state index contributed by atoms with van der Waals surface area (Å²) in [5.74, 6) is 0.738. The van der Waals surface area contributed by atoms with Crippen molar-refractivity contribution in [1.29, 1.82) is 0 Å². The number of hydrogen-bond donors (Lipinski definition) is 1. The van der Waals surface area contributed by atoms with E-state index in [0.717, 1.165) is 21.2 Å². The molecule has 0 radical (unpaired) electrons. The summed E-state index contributed by atoms with van der Waals surface area (Å²) < 4.78 is 0. The largest absolute Gasteiger partial charge is 0.326 e. The minimum absolute atomic E-state index is 0.0292. The first kappa shape index (κ1) is 15.9. The molecule has 4 heteroatoms. The maximum absolute atomic E-state index is 12.0. The average molecular weight is 320 g/mol. The van der Waals surface area contributed by atoms with Crippen molar-refractivity contribution in [3.05, 3.63) is 58.6 Å². The summed E-state index contributed by atoms with van der Waals surface area (Å²) in [5.41, 5.74) is 3.16. The molecule has 0 aliphatic carbocycles. The van der Waals surface area contributed by atoms with Crippen molar-refractivity contribution in [2.24, 2.45) is 0 Å². The van der Waals surface area contributed by atoms with E-state index >= 15 is 0 Å².